The molecule has 0 saturated carbocycles. The van der Waals surface area contributed by atoms with Crippen molar-refractivity contribution < 1.29 is 4.79 Å². The van der Waals surface area contributed by atoms with Crippen LogP contribution in [-0.2, 0) is 4.79 Å². The summed E-state index contributed by atoms with van der Waals surface area (Å²) in [7, 11) is 0. The van der Waals surface area contributed by atoms with Gasteiger partial charge in [-0.2, -0.15) is 0 Å². The van der Waals surface area contributed by atoms with Gasteiger partial charge in [0.25, 0.3) is 0 Å². The number of carbonyl (C=O) groups is 1. The Morgan fingerprint density at radius 2 is 2.30 bits per heavy atom. The topological polar surface area (TPSA) is 29.1 Å². The molecule has 2 nitrogen and oxygen atoms in total. The van der Waals surface area contributed by atoms with Gasteiger partial charge in [-0.1, -0.05) is 0 Å². The number of hydrogen-bond acceptors (Lipinski definition) is 2. The van der Waals surface area contributed by atoms with Crippen LogP contribution >= 0.6 is 11.8 Å². The largest absolute Gasteiger partial charge is 0.352 e. The van der Waals surface area contributed by atoms with Crippen LogP contribution in [0, 0.1) is 0 Å². The van der Waals surface area contributed by atoms with Crippen LogP contribution in [0.1, 0.15) is 20.8 Å². The van der Waals surface area contributed by atoms with Gasteiger partial charge in [0.1, 0.15) is 0 Å². The highest BCUT2D eigenvalue weighted by molar-refractivity contribution is 8.01. The second-order valence-corrected chi connectivity index (χ2v) is 4.84. The molecule has 10 heavy (non-hydrogen) atoms. The molecule has 0 aromatic carbocycles. The lowest BCUT2D eigenvalue weighted by atomic mass is 10.2. The lowest BCUT2D eigenvalue weighted by Crippen LogP contribution is -2.50. The van der Waals surface area contributed by atoms with Gasteiger partial charge in [0.15, 0.2) is 0 Å². The number of amides is 1. The van der Waals surface area contributed by atoms with Crippen molar-refractivity contribution in [2.24, 2.45) is 0 Å². The highest BCUT2D eigenvalue weighted by Crippen LogP contribution is 2.28. The second-order valence-electron chi connectivity index (χ2n) is 3.20. The fourth-order valence-electron chi connectivity index (χ4n) is 0.838. The third-order valence-electron chi connectivity index (χ3n) is 1.62. The monoisotopic (exact) mass is 159 g/mol. The Morgan fingerprint density at radius 1 is 1.70 bits per heavy atom. The molecular formula is C7H13NOS. The van der Waals surface area contributed by atoms with Crippen molar-refractivity contribution in [2.75, 3.05) is 5.75 Å². The predicted molar refractivity (Wildman–Crippen MR) is 44.1 cm³/mol. The molecule has 1 aliphatic heterocycles. The number of hydrogen-bond donors (Lipinski definition) is 1. The van der Waals surface area contributed by atoms with Gasteiger partial charge < -0.3 is 5.32 Å². The molecule has 1 atom stereocenters. The van der Waals surface area contributed by atoms with Crippen molar-refractivity contribution in [1.82, 2.24) is 5.32 Å². The number of rotatable bonds is 0. The van der Waals surface area contributed by atoms with Gasteiger partial charge in [-0.15, -0.1) is 11.8 Å². The van der Waals surface area contributed by atoms with E-state index in [9.17, 15) is 4.79 Å². The standard InChI is InChI=1S/C7H13NOS/c1-5-4-10-7(2,3)6(9)8-5/h5H,4H2,1-3H3,(H,8,9)/t5-/m1/s1. The first-order valence-electron chi connectivity index (χ1n) is 3.47. The first-order valence-corrected chi connectivity index (χ1v) is 4.46. The second kappa shape index (κ2) is 2.46. The van der Waals surface area contributed by atoms with Crippen LogP contribution in [0.25, 0.3) is 0 Å². The van der Waals surface area contributed by atoms with E-state index in [0.717, 1.165) is 5.75 Å². The zero-order chi connectivity index (χ0) is 7.78. The first kappa shape index (κ1) is 7.92. The molecule has 0 bridgehead atoms. The van der Waals surface area contributed by atoms with Gasteiger partial charge in [0, 0.05) is 11.8 Å². The molecule has 0 aromatic rings. The van der Waals surface area contributed by atoms with E-state index in [1.54, 1.807) is 11.8 Å². The minimum Gasteiger partial charge on any atom is -0.352 e. The van der Waals surface area contributed by atoms with E-state index < -0.39 is 0 Å². The van der Waals surface area contributed by atoms with E-state index in [-0.39, 0.29) is 10.7 Å². The SMILES string of the molecule is C[C@@H]1CSC(C)(C)C(=O)N1. The molecule has 0 radical (unpaired) electrons. The molecular weight excluding hydrogens is 146 g/mol. The molecule has 0 aliphatic carbocycles. The molecule has 1 aliphatic rings. The minimum atomic E-state index is -0.216. The fraction of sp³-hybridized carbons (Fsp3) is 0.857. The van der Waals surface area contributed by atoms with Crippen molar-refractivity contribution in [1.29, 1.82) is 0 Å². The smallest absolute Gasteiger partial charge is 0.235 e. The maximum absolute atomic E-state index is 11.2. The minimum absolute atomic E-state index is 0.163. The zero-order valence-electron chi connectivity index (χ0n) is 6.60. The third kappa shape index (κ3) is 1.45. The first-order chi connectivity index (χ1) is 4.52. The average molecular weight is 159 g/mol. The number of nitrogens with one attached hydrogen (secondary N) is 1. The van der Waals surface area contributed by atoms with Gasteiger partial charge >= 0.3 is 0 Å². The summed E-state index contributed by atoms with van der Waals surface area (Å²) in [5, 5.41) is 2.91. The Labute approximate surface area is 65.8 Å². The molecule has 1 saturated heterocycles. The Hall–Kier alpha value is -0.180. The summed E-state index contributed by atoms with van der Waals surface area (Å²) >= 11 is 1.72. The van der Waals surface area contributed by atoms with Gasteiger partial charge in [-0.3, -0.25) is 4.79 Å². The molecule has 0 aromatic heterocycles. The van der Waals surface area contributed by atoms with Crippen LogP contribution in [0.4, 0.5) is 0 Å². The summed E-state index contributed by atoms with van der Waals surface area (Å²) < 4.78 is -0.216. The van der Waals surface area contributed by atoms with Gasteiger partial charge in [0.05, 0.1) is 4.75 Å². The van der Waals surface area contributed by atoms with Gasteiger partial charge in [0.2, 0.25) is 5.91 Å². The van der Waals surface area contributed by atoms with Crippen LogP contribution in [0.2, 0.25) is 0 Å². The molecule has 1 heterocycles. The van der Waals surface area contributed by atoms with E-state index >= 15 is 0 Å². The Morgan fingerprint density at radius 3 is 2.70 bits per heavy atom. The van der Waals surface area contributed by atoms with Gasteiger partial charge in [-0.25, -0.2) is 0 Å². The highest BCUT2D eigenvalue weighted by Gasteiger charge is 2.33. The molecule has 1 amide bonds. The van der Waals surface area contributed by atoms with Crippen molar-refractivity contribution in [2.45, 2.75) is 31.6 Å². The fourth-order valence-corrected chi connectivity index (χ4v) is 1.78. The van der Waals surface area contributed by atoms with Gasteiger partial charge in [-0.05, 0) is 20.8 Å². The Kier molecular flexibility index (Phi) is 1.95. The summed E-state index contributed by atoms with van der Waals surface area (Å²) in [6.07, 6.45) is 0. The van der Waals surface area contributed by atoms with Crippen LogP contribution in [0.15, 0.2) is 0 Å². The molecule has 1 N–H and O–H groups in total. The van der Waals surface area contributed by atoms with Crippen molar-refractivity contribution in [3.63, 3.8) is 0 Å². The maximum Gasteiger partial charge on any atom is 0.235 e. The Bertz CT molecular complexity index is 156. The summed E-state index contributed by atoms with van der Waals surface area (Å²) in [6.45, 7) is 5.94. The maximum atomic E-state index is 11.2. The van der Waals surface area contributed by atoms with E-state index in [4.69, 9.17) is 0 Å². The molecule has 0 unspecified atom stereocenters. The highest BCUT2D eigenvalue weighted by atomic mass is 32.2. The lowest BCUT2D eigenvalue weighted by molar-refractivity contribution is -0.123. The zero-order valence-corrected chi connectivity index (χ0v) is 7.42. The normalized spacial score (nSPS) is 31.5. The number of carbonyl (C=O) groups excluding carboxylic acids is 1. The summed E-state index contributed by atoms with van der Waals surface area (Å²) in [6, 6.07) is 0.338. The van der Waals surface area contributed by atoms with E-state index in [2.05, 4.69) is 5.32 Å². The number of thioether (sulfide) groups is 1. The van der Waals surface area contributed by atoms with Crippen LogP contribution in [-0.4, -0.2) is 22.4 Å². The summed E-state index contributed by atoms with van der Waals surface area (Å²) in [4.78, 5) is 11.2. The van der Waals surface area contributed by atoms with E-state index in [1.807, 2.05) is 20.8 Å². The van der Waals surface area contributed by atoms with Crippen molar-refractivity contribution in [3.05, 3.63) is 0 Å². The average Bonchev–Trinajstić information content (AvgIpc) is 1.81. The van der Waals surface area contributed by atoms with E-state index in [0.29, 0.717) is 6.04 Å². The summed E-state index contributed by atoms with van der Waals surface area (Å²) in [5.74, 6) is 1.19. The van der Waals surface area contributed by atoms with Crippen LogP contribution in [0.3, 0.4) is 0 Å². The van der Waals surface area contributed by atoms with Crippen LogP contribution in [0.5, 0.6) is 0 Å². The molecule has 3 heteroatoms. The molecule has 58 valence electrons. The predicted octanol–water partition coefficient (Wildman–Crippen LogP) is 1.02. The van der Waals surface area contributed by atoms with Crippen LogP contribution < -0.4 is 5.32 Å². The summed E-state index contributed by atoms with van der Waals surface area (Å²) in [5.41, 5.74) is 0. The quantitative estimate of drug-likeness (QED) is 0.571. The molecule has 1 rings (SSSR count). The Balaban J connectivity index is 2.61. The molecule has 0 spiro atoms. The third-order valence-corrected chi connectivity index (χ3v) is 3.19. The lowest BCUT2D eigenvalue weighted by Gasteiger charge is -2.31. The van der Waals surface area contributed by atoms with Crippen molar-refractivity contribution >= 4 is 17.7 Å². The molecule has 1 fully saturated rings. The van der Waals surface area contributed by atoms with E-state index in [1.165, 1.54) is 0 Å². The van der Waals surface area contributed by atoms with Crippen molar-refractivity contribution in [3.8, 4) is 0 Å².